The van der Waals surface area contributed by atoms with E-state index in [-0.39, 0.29) is 5.25 Å². The van der Waals surface area contributed by atoms with Crippen molar-refractivity contribution in [1.29, 1.82) is 0 Å². The van der Waals surface area contributed by atoms with Gasteiger partial charge in [0, 0.05) is 22.2 Å². The summed E-state index contributed by atoms with van der Waals surface area (Å²) in [5.74, 6) is -1.40. The molecule has 0 spiro atoms. The van der Waals surface area contributed by atoms with Crippen molar-refractivity contribution in [2.24, 2.45) is 0 Å². The van der Waals surface area contributed by atoms with Crippen LogP contribution in [0.25, 0.3) is 0 Å². The Balaban J connectivity index is 1.76. The molecular weight excluding hydrogens is 240 g/mol. The molecule has 1 aliphatic heterocycles. The fraction of sp³-hybridized carbons (Fsp3) is 1.00. The summed E-state index contributed by atoms with van der Waals surface area (Å²) in [5, 5.41) is 22.2. The van der Waals surface area contributed by atoms with E-state index in [4.69, 9.17) is 0 Å². The maximum atomic E-state index is 10.1. The highest BCUT2D eigenvalue weighted by Crippen LogP contribution is 2.53. The zero-order valence-corrected chi connectivity index (χ0v) is 11.1. The molecule has 2 aliphatic carbocycles. The Labute approximate surface area is 106 Å². The van der Waals surface area contributed by atoms with Crippen LogP contribution in [0.15, 0.2) is 0 Å². The molecule has 4 unspecified atom stereocenters. The minimum Gasteiger partial charge on any atom is -0.365 e. The Morgan fingerprint density at radius 3 is 2.19 bits per heavy atom. The van der Waals surface area contributed by atoms with E-state index in [1.807, 2.05) is 11.8 Å². The second-order valence-electron chi connectivity index (χ2n) is 5.36. The molecule has 0 aromatic carbocycles. The number of thioether (sulfide) groups is 2. The Morgan fingerprint density at radius 2 is 1.44 bits per heavy atom. The van der Waals surface area contributed by atoms with E-state index in [2.05, 4.69) is 11.8 Å². The lowest BCUT2D eigenvalue weighted by molar-refractivity contribution is -0.173. The van der Waals surface area contributed by atoms with Crippen LogP contribution in [0.3, 0.4) is 0 Å². The van der Waals surface area contributed by atoms with Gasteiger partial charge in [-0.2, -0.15) is 11.8 Å². The molecule has 92 valence electrons. The molecular formula is C12H20O2S2. The lowest BCUT2D eigenvalue weighted by Gasteiger charge is -2.49. The highest BCUT2D eigenvalue weighted by molar-refractivity contribution is 8.08. The van der Waals surface area contributed by atoms with Crippen molar-refractivity contribution < 1.29 is 10.2 Å². The quantitative estimate of drug-likeness (QED) is 0.656. The van der Waals surface area contributed by atoms with E-state index in [1.165, 1.54) is 32.1 Å². The Morgan fingerprint density at radius 1 is 0.812 bits per heavy atom. The number of fused-ring (bicyclic) bond motifs is 2. The summed E-state index contributed by atoms with van der Waals surface area (Å²) in [6.45, 7) is 0. The topological polar surface area (TPSA) is 40.5 Å². The lowest BCUT2D eigenvalue weighted by Crippen LogP contribution is -2.53. The molecule has 4 heteroatoms. The van der Waals surface area contributed by atoms with Crippen LogP contribution in [0.5, 0.6) is 0 Å². The van der Waals surface area contributed by atoms with Crippen molar-refractivity contribution in [2.75, 3.05) is 0 Å². The van der Waals surface area contributed by atoms with E-state index in [1.54, 1.807) is 0 Å². The summed E-state index contributed by atoms with van der Waals surface area (Å²) in [5.41, 5.74) is 0. The zero-order chi connectivity index (χ0) is 11.2. The van der Waals surface area contributed by atoms with Crippen LogP contribution in [0, 0.1) is 0 Å². The molecule has 0 radical (unpaired) electrons. The van der Waals surface area contributed by atoms with Gasteiger partial charge in [0.1, 0.15) is 0 Å². The smallest absolute Gasteiger partial charge is 0.175 e. The predicted octanol–water partition coefficient (Wildman–Crippen LogP) is 2.38. The summed E-state index contributed by atoms with van der Waals surface area (Å²) in [6, 6.07) is 0. The first kappa shape index (κ1) is 11.7. The minimum absolute atomic E-state index is 0.0607. The van der Waals surface area contributed by atoms with Gasteiger partial charge in [-0.1, -0.05) is 12.8 Å². The second-order valence-corrected chi connectivity index (χ2v) is 8.23. The number of rotatable bonds is 0. The first-order chi connectivity index (χ1) is 7.67. The van der Waals surface area contributed by atoms with Gasteiger partial charge in [0.05, 0.1) is 5.25 Å². The number of hydrogen-bond acceptors (Lipinski definition) is 4. The highest BCUT2D eigenvalue weighted by Gasteiger charge is 2.50. The van der Waals surface area contributed by atoms with Crippen LogP contribution in [-0.4, -0.2) is 37.0 Å². The Kier molecular flexibility index (Phi) is 3.20. The Hall–Kier alpha value is 0.620. The fourth-order valence-corrected chi connectivity index (χ4v) is 7.41. The largest absolute Gasteiger partial charge is 0.365 e. The van der Waals surface area contributed by atoms with Gasteiger partial charge in [0.25, 0.3) is 0 Å². The summed E-state index contributed by atoms with van der Waals surface area (Å²) in [6.07, 6.45) is 8.04. The zero-order valence-electron chi connectivity index (χ0n) is 9.47. The molecule has 1 heterocycles. The average Bonchev–Trinajstić information content (AvgIpc) is 2.27. The normalized spacial score (nSPS) is 46.9. The summed E-state index contributed by atoms with van der Waals surface area (Å²) >= 11 is 3.95. The molecule has 3 rings (SSSR count). The molecule has 3 fully saturated rings. The third kappa shape index (κ3) is 2.02. The summed E-state index contributed by atoms with van der Waals surface area (Å²) < 4.78 is 0. The molecule has 2 N–H and O–H groups in total. The van der Waals surface area contributed by atoms with Crippen molar-refractivity contribution in [3.05, 3.63) is 0 Å². The molecule has 3 aliphatic rings. The van der Waals surface area contributed by atoms with Gasteiger partial charge in [-0.3, -0.25) is 0 Å². The van der Waals surface area contributed by atoms with E-state index in [9.17, 15) is 10.2 Å². The monoisotopic (exact) mass is 260 g/mol. The van der Waals surface area contributed by atoms with Gasteiger partial charge in [-0.05, 0) is 25.7 Å². The minimum atomic E-state index is -1.40. The van der Waals surface area contributed by atoms with Crippen LogP contribution < -0.4 is 0 Å². The molecule has 2 saturated carbocycles. The molecule has 2 nitrogen and oxygen atoms in total. The first-order valence-electron chi connectivity index (χ1n) is 6.42. The van der Waals surface area contributed by atoms with Crippen molar-refractivity contribution in [3.8, 4) is 0 Å². The predicted molar refractivity (Wildman–Crippen MR) is 69.8 cm³/mol. The molecule has 0 amide bonds. The second kappa shape index (κ2) is 4.38. The maximum absolute atomic E-state index is 10.1. The fourth-order valence-electron chi connectivity index (χ4n) is 3.28. The van der Waals surface area contributed by atoms with Gasteiger partial charge in [-0.15, -0.1) is 11.8 Å². The van der Waals surface area contributed by atoms with E-state index < -0.39 is 5.79 Å². The maximum Gasteiger partial charge on any atom is 0.175 e. The van der Waals surface area contributed by atoms with Gasteiger partial charge < -0.3 is 10.2 Å². The van der Waals surface area contributed by atoms with Crippen molar-refractivity contribution in [2.45, 2.75) is 71.7 Å². The SMILES string of the molecule is OC1(O)CCCC2SC3CCCCC3SC21. The highest BCUT2D eigenvalue weighted by atomic mass is 32.2. The van der Waals surface area contributed by atoms with Crippen LogP contribution in [0.4, 0.5) is 0 Å². The van der Waals surface area contributed by atoms with Crippen LogP contribution in [0.2, 0.25) is 0 Å². The van der Waals surface area contributed by atoms with E-state index in [0.29, 0.717) is 16.9 Å². The van der Waals surface area contributed by atoms with Crippen LogP contribution in [-0.2, 0) is 0 Å². The molecule has 0 bridgehead atoms. The third-order valence-corrected chi connectivity index (χ3v) is 8.17. The van der Waals surface area contributed by atoms with Gasteiger partial charge >= 0.3 is 0 Å². The van der Waals surface area contributed by atoms with Gasteiger partial charge in [-0.25, -0.2) is 0 Å². The van der Waals surface area contributed by atoms with E-state index in [0.717, 1.165) is 11.7 Å². The number of hydrogen-bond donors (Lipinski definition) is 2. The average molecular weight is 260 g/mol. The Bertz CT molecular complexity index is 270. The molecule has 0 aromatic rings. The number of aliphatic hydroxyl groups is 2. The van der Waals surface area contributed by atoms with Crippen LogP contribution in [0.1, 0.15) is 44.9 Å². The standard InChI is InChI=1S/C12H20O2S2/c13-12(14)7-3-6-10-11(12)16-9-5-2-1-4-8(9)15-10/h8-11,13-14H,1-7H2. The van der Waals surface area contributed by atoms with Crippen LogP contribution >= 0.6 is 23.5 Å². The van der Waals surface area contributed by atoms with Crippen molar-refractivity contribution >= 4 is 23.5 Å². The summed E-state index contributed by atoms with van der Waals surface area (Å²) in [7, 11) is 0. The molecule has 1 saturated heterocycles. The third-order valence-electron chi connectivity index (χ3n) is 4.14. The first-order valence-corrected chi connectivity index (χ1v) is 8.31. The van der Waals surface area contributed by atoms with Gasteiger partial charge in [0.2, 0.25) is 0 Å². The van der Waals surface area contributed by atoms with Gasteiger partial charge in [0.15, 0.2) is 5.79 Å². The molecule has 4 atom stereocenters. The molecule has 0 aromatic heterocycles. The van der Waals surface area contributed by atoms with Crippen molar-refractivity contribution in [1.82, 2.24) is 0 Å². The lowest BCUT2D eigenvalue weighted by atomic mass is 9.93. The van der Waals surface area contributed by atoms with Crippen molar-refractivity contribution in [3.63, 3.8) is 0 Å². The molecule has 16 heavy (non-hydrogen) atoms. The summed E-state index contributed by atoms with van der Waals surface area (Å²) in [4.78, 5) is 0. The van der Waals surface area contributed by atoms with E-state index >= 15 is 0 Å².